The average Bonchev–Trinajstić information content (AvgIpc) is 2.47. The molecular weight excluding hydrogens is 236 g/mol. The molecule has 5 nitrogen and oxygen atoms in total. The number of pyridine rings is 1. The number of rotatable bonds is 1. The molecule has 0 saturated carbocycles. The Labute approximate surface area is 82.6 Å². The molecule has 13 heavy (non-hydrogen) atoms. The molecule has 2 rings (SSSR count). The van der Waals surface area contributed by atoms with Crippen molar-refractivity contribution in [3.63, 3.8) is 0 Å². The number of nitrogens with two attached hydrogens (primary N) is 1. The molecule has 0 aliphatic heterocycles. The van der Waals surface area contributed by atoms with Crippen LogP contribution in [0.3, 0.4) is 0 Å². The van der Waals surface area contributed by atoms with Crippen LogP contribution in [0.4, 0.5) is 5.95 Å². The number of aromatic nitrogens is 3. The van der Waals surface area contributed by atoms with E-state index in [4.69, 9.17) is 10.5 Å². The largest absolute Gasteiger partial charge is 0.494 e. The molecule has 0 spiro atoms. The predicted octanol–water partition coefficient (Wildman–Crippen LogP) is 1.08. The Morgan fingerprint density at radius 1 is 1.54 bits per heavy atom. The van der Waals surface area contributed by atoms with E-state index in [2.05, 4.69) is 26.0 Å². The first-order chi connectivity index (χ1) is 6.22. The third kappa shape index (κ3) is 1.23. The Hall–Kier alpha value is -1.30. The topological polar surface area (TPSA) is 65.4 Å². The van der Waals surface area contributed by atoms with Crippen molar-refractivity contribution in [2.45, 2.75) is 0 Å². The minimum Gasteiger partial charge on any atom is -0.494 e. The van der Waals surface area contributed by atoms with Crippen molar-refractivity contribution < 1.29 is 4.74 Å². The summed E-state index contributed by atoms with van der Waals surface area (Å²) in [6.07, 6.45) is 0. The Kier molecular flexibility index (Phi) is 1.84. The third-order valence-electron chi connectivity index (χ3n) is 1.64. The van der Waals surface area contributed by atoms with E-state index in [0.717, 1.165) is 0 Å². The molecule has 0 amide bonds. The van der Waals surface area contributed by atoms with Crippen LogP contribution in [0, 0.1) is 0 Å². The monoisotopic (exact) mass is 242 g/mol. The summed E-state index contributed by atoms with van der Waals surface area (Å²) in [5, 5.41) is 3.98. The van der Waals surface area contributed by atoms with Gasteiger partial charge in [-0.1, -0.05) is 0 Å². The van der Waals surface area contributed by atoms with Gasteiger partial charge in [-0.2, -0.15) is 4.98 Å². The van der Waals surface area contributed by atoms with Crippen molar-refractivity contribution >= 4 is 27.5 Å². The van der Waals surface area contributed by atoms with E-state index in [0.29, 0.717) is 16.0 Å². The van der Waals surface area contributed by atoms with Gasteiger partial charge in [-0.25, -0.2) is 4.52 Å². The van der Waals surface area contributed by atoms with Gasteiger partial charge in [0.15, 0.2) is 16.0 Å². The van der Waals surface area contributed by atoms with E-state index in [1.54, 1.807) is 23.8 Å². The van der Waals surface area contributed by atoms with Crippen molar-refractivity contribution in [1.29, 1.82) is 0 Å². The highest BCUT2D eigenvalue weighted by molar-refractivity contribution is 9.10. The number of methoxy groups -OCH3 is 1. The number of nitrogen functional groups attached to an aromatic ring is 1. The number of ether oxygens (including phenoxy) is 1. The van der Waals surface area contributed by atoms with Crippen molar-refractivity contribution in [2.24, 2.45) is 0 Å². The number of hydrogen-bond donors (Lipinski definition) is 1. The van der Waals surface area contributed by atoms with Gasteiger partial charge in [0.1, 0.15) is 0 Å². The normalized spacial score (nSPS) is 10.6. The van der Waals surface area contributed by atoms with E-state index in [1.807, 2.05) is 0 Å². The first kappa shape index (κ1) is 8.31. The van der Waals surface area contributed by atoms with Crippen LogP contribution in [0.5, 0.6) is 5.75 Å². The fourth-order valence-corrected chi connectivity index (χ4v) is 1.62. The molecule has 2 N–H and O–H groups in total. The molecule has 0 saturated heterocycles. The minimum atomic E-state index is 0.244. The van der Waals surface area contributed by atoms with Crippen LogP contribution in [0.25, 0.3) is 5.65 Å². The standard InChI is InChI=1S/C7H7BrN4O/c1-13-4-2-3-5-10-7(9)11-12(5)6(4)8/h2-3H,1H3,(H2,9,11). The summed E-state index contributed by atoms with van der Waals surface area (Å²) >= 11 is 3.34. The van der Waals surface area contributed by atoms with Gasteiger partial charge in [0.25, 0.3) is 0 Å². The van der Waals surface area contributed by atoms with Gasteiger partial charge < -0.3 is 10.5 Å². The van der Waals surface area contributed by atoms with Crippen molar-refractivity contribution in [2.75, 3.05) is 12.8 Å². The summed E-state index contributed by atoms with van der Waals surface area (Å²) in [6, 6.07) is 3.58. The molecule has 0 fully saturated rings. The fraction of sp³-hybridized carbons (Fsp3) is 0.143. The van der Waals surface area contributed by atoms with Crippen LogP contribution >= 0.6 is 15.9 Å². The van der Waals surface area contributed by atoms with Gasteiger partial charge in [0.05, 0.1) is 7.11 Å². The lowest BCUT2D eigenvalue weighted by molar-refractivity contribution is 0.408. The van der Waals surface area contributed by atoms with Crippen LogP contribution < -0.4 is 10.5 Å². The SMILES string of the molecule is COc1ccc2nc(N)nn2c1Br. The van der Waals surface area contributed by atoms with Gasteiger partial charge in [-0.05, 0) is 28.1 Å². The summed E-state index contributed by atoms with van der Waals surface area (Å²) in [5.41, 5.74) is 6.13. The maximum atomic E-state index is 5.45. The zero-order valence-corrected chi connectivity index (χ0v) is 8.45. The number of fused-ring (bicyclic) bond motifs is 1. The fourth-order valence-electron chi connectivity index (χ4n) is 1.07. The summed E-state index contributed by atoms with van der Waals surface area (Å²) in [4.78, 5) is 3.99. The highest BCUT2D eigenvalue weighted by Crippen LogP contribution is 2.24. The minimum absolute atomic E-state index is 0.244. The van der Waals surface area contributed by atoms with E-state index >= 15 is 0 Å². The quantitative estimate of drug-likeness (QED) is 0.761. The Balaban J connectivity index is 2.78. The molecule has 6 heteroatoms. The molecule has 0 atom stereocenters. The van der Waals surface area contributed by atoms with Crippen LogP contribution in [0.2, 0.25) is 0 Å². The molecule has 2 aromatic heterocycles. The first-order valence-electron chi connectivity index (χ1n) is 3.57. The van der Waals surface area contributed by atoms with E-state index in [1.165, 1.54) is 0 Å². The molecule has 0 bridgehead atoms. The first-order valence-corrected chi connectivity index (χ1v) is 4.36. The highest BCUT2D eigenvalue weighted by Gasteiger charge is 2.07. The van der Waals surface area contributed by atoms with Gasteiger partial charge in [-0.3, -0.25) is 0 Å². The van der Waals surface area contributed by atoms with Crippen molar-refractivity contribution in [3.8, 4) is 5.75 Å². The molecule has 2 aromatic rings. The van der Waals surface area contributed by atoms with Crippen molar-refractivity contribution in [1.82, 2.24) is 14.6 Å². The molecule has 0 unspecified atom stereocenters. The number of hydrogen-bond acceptors (Lipinski definition) is 4. The predicted molar refractivity (Wildman–Crippen MR) is 51.7 cm³/mol. The number of halogens is 1. The number of nitrogens with zero attached hydrogens (tertiary/aromatic N) is 3. The lowest BCUT2D eigenvalue weighted by Gasteiger charge is -2.02. The van der Waals surface area contributed by atoms with Crippen LogP contribution in [-0.4, -0.2) is 21.7 Å². The summed E-state index contributed by atoms with van der Waals surface area (Å²) in [6.45, 7) is 0. The van der Waals surface area contributed by atoms with Crippen LogP contribution in [0.1, 0.15) is 0 Å². The van der Waals surface area contributed by atoms with Gasteiger partial charge >= 0.3 is 0 Å². The Bertz CT molecular complexity index is 453. The summed E-state index contributed by atoms with van der Waals surface area (Å²) in [5.74, 6) is 0.936. The molecule has 0 aliphatic carbocycles. The smallest absolute Gasteiger partial charge is 0.240 e. The second-order valence-electron chi connectivity index (χ2n) is 2.43. The molecular formula is C7H7BrN4O. The molecule has 0 aromatic carbocycles. The van der Waals surface area contributed by atoms with Gasteiger partial charge in [-0.15, -0.1) is 5.10 Å². The maximum absolute atomic E-state index is 5.45. The molecule has 68 valence electrons. The average molecular weight is 243 g/mol. The van der Waals surface area contributed by atoms with Gasteiger partial charge in [0, 0.05) is 0 Å². The van der Waals surface area contributed by atoms with Gasteiger partial charge in [0.2, 0.25) is 5.95 Å². The van der Waals surface area contributed by atoms with Crippen LogP contribution in [-0.2, 0) is 0 Å². The zero-order valence-electron chi connectivity index (χ0n) is 6.86. The maximum Gasteiger partial charge on any atom is 0.240 e. The third-order valence-corrected chi connectivity index (χ3v) is 2.37. The molecule has 0 radical (unpaired) electrons. The van der Waals surface area contributed by atoms with E-state index < -0.39 is 0 Å². The van der Waals surface area contributed by atoms with E-state index in [-0.39, 0.29) is 5.95 Å². The summed E-state index contributed by atoms with van der Waals surface area (Å²) < 4.78 is 7.37. The lowest BCUT2D eigenvalue weighted by Crippen LogP contribution is -1.94. The van der Waals surface area contributed by atoms with E-state index in [9.17, 15) is 0 Å². The highest BCUT2D eigenvalue weighted by atomic mass is 79.9. The summed E-state index contributed by atoms with van der Waals surface area (Å²) in [7, 11) is 1.59. The lowest BCUT2D eigenvalue weighted by atomic mass is 10.4. The Morgan fingerprint density at radius 2 is 2.31 bits per heavy atom. The second kappa shape index (κ2) is 2.88. The number of anilines is 1. The van der Waals surface area contributed by atoms with Crippen molar-refractivity contribution in [3.05, 3.63) is 16.7 Å². The molecule has 2 heterocycles. The zero-order chi connectivity index (χ0) is 9.42. The Morgan fingerprint density at radius 3 is 3.00 bits per heavy atom. The second-order valence-corrected chi connectivity index (χ2v) is 3.18. The molecule has 0 aliphatic rings. The van der Waals surface area contributed by atoms with Crippen LogP contribution in [0.15, 0.2) is 16.7 Å².